The molecule has 250 valence electrons. The first-order chi connectivity index (χ1) is 23.0. The van der Waals surface area contributed by atoms with Gasteiger partial charge in [-0.2, -0.15) is 0 Å². The Kier molecular flexibility index (Phi) is 13.1. The zero-order valence-electron chi connectivity index (χ0n) is 28.6. The monoisotopic (exact) mass is 632 g/mol. The summed E-state index contributed by atoms with van der Waals surface area (Å²) in [7, 11) is 0. The van der Waals surface area contributed by atoms with E-state index in [1.54, 1.807) is 0 Å². The van der Waals surface area contributed by atoms with Crippen LogP contribution in [0.5, 0.6) is 23.0 Å². The van der Waals surface area contributed by atoms with E-state index in [9.17, 15) is 0 Å². The molecule has 0 heterocycles. The molecule has 0 amide bonds. The summed E-state index contributed by atoms with van der Waals surface area (Å²) in [4.78, 5) is 0. The Labute approximate surface area is 283 Å². The van der Waals surface area contributed by atoms with Crippen molar-refractivity contribution < 1.29 is 9.47 Å². The molecule has 1 aliphatic carbocycles. The second kappa shape index (κ2) is 17.8. The highest BCUT2D eigenvalue weighted by molar-refractivity contribution is 5.47. The lowest BCUT2D eigenvalue weighted by atomic mass is 9.62. The molecule has 0 unspecified atom stereocenters. The average Bonchev–Trinajstić information content (AvgIpc) is 3.10. The van der Waals surface area contributed by atoms with E-state index >= 15 is 0 Å². The fourth-order valence-electron chi connectivity index (χ4n) is 7.33. The molecule has 0 bridgehead atoms. The van der Waals surface area contributed by atoms with Crippen LogP contribution in [0.15, 0.2) is 97.1 Å². The molecular formula is C43H56N2O2. The zero-order valence-corrected chi connectivity index (χ0v) is 28.6. The van der Waals surface area contributed by atoms with Crippen LogP contribution in [0.3, 0.4) is 0 Å². The highest BCUT2D eigenvalue weighted by Gasteiger charge is 2.38. The van der Waals surface area contributed by atoms with Gasteiger partial charge >= 0.3 is 0 Å². The molecule has 1 aliphatic rings. The molecule has 0 radical (unpaired) electrons. The molecule has 4 nitrogen and oxygen atoms in total. The molecule has 0 aliphatic heterocycles. The maximum atomic E-state index is 6.14. The lowest BCUT2D eigenvalue weighted by molar-refractivity contribution is 0.250. The van der Waals surface area contributed by atoms with Crippen molar-refractivity contribution in [3.63, 3.8) is 0 Å². The maximum Gasteiger partial charge on any atom is 0.127 e. The zero-order chi connectivity index (χ0) is 32.7. The maximum absolute atomic E-state index is 6.14. The van der Waals surface area contributed by atoms with E-state index in [2.05, 4.69) is 55.5 Å². The number of nitrogen functional groups attached to an aromatic ring is 2. The van der Waals surface area contributed by atoms with Gasteiger partial charge in [0.25, 0.3) is 0 Å². The normalized spacial score (nSPS) is 14.6. The van der Waals surface area contributed by atoms with Crippen molar-refractivity contribution in [2.75, 3.05) is 11.5 Å². The molecular weight excluding hydrogens is 576 g/mol. The predicted octanol–water partition coefficient (Wildman–Crippen LogP) is 12.6. The molecule has 4 heteroatoms. The molecule has 0 spiro atoms. The molecule has 0 aromatic heterocycles. The Bertz CT molecular complexity index is 1350. The summed E-state index contributed by atoms with van der Waals surface area (Å²) in [6.07, 6.45) is 21.7. The number of hydrogen-bond acceptors (Lipinski definition) is 4. The van der Waals surface area contributed by atoms with E-state index in [1.807, 2.05) is 48.5 Å². The number of unbranched alkanes of at least 4 members (excludes halogenated alkanes) is 10. The number of nitrogens with two attached hydrogens (primary N) is 2. The van der Waals surface area contributed by atoms with Crippen molar-refractivity contribution in [1.29, 1.82) is 0 Å². The topological polar surface area (TPSA) is 70.5 Å². The van der Waals surface area contributed by atoms with Gasteiger partial charge in [0.05, 0.1) is 0 Å². The lowest BCUT2D eigenvalue weighted by Gasteiger charge is -2.41. The van der Waals surface area contributed by atoms with Gasteiger partial charge in [0, 0.05) is 16.8 Å². The summed E-state index contributed by atoms with van der Waals surface area (Å²) in [5.74, 6) is 4.09. The fourth-order valence-corrected chi connectivity index (χ4v) is 7.33. The van der Waals surface area contributed by atoms with Gasteiger partial charge < -0.3 is 20.9 Å². The lowest BCUT2D eigenvalue weighted by Crippen LogP contribution is -2.33. The van der Waals surface area contributed by atoms with E-state index in [1.165, 1.54) is 101 Å². The summed E-state index contributed by atoms with van der Waals surface area (Å²) in [6.45, 7) is 2.29. The number of ether oxygens (including phenoxy) is 2. The fraction of sp³-hybridized carbons (Fsp3) is 0.442. The molecule has 47 heavy (non-hydrogen) atoms. The first-order valence-corrected chi connectivity index (χ1v) is 18.3. The standard InChI is InChI=1S/C43H56N2O2/c1-2-3-4-5-6-7-8-9-10-11-12-13-34-30-32-43(33-31-34,35-14-22-39(23-15-35)46-41-26-18-37(44)19-27-41)36-16-24-40(25-17-36)47-42-28-20-38(45)21-29-42/h14-29,34H,2-13,30-33,44-45H2,1H3. The highest BCUT2D eigenvalue weighted by Crippen LogP contribution is 2.48. The summed E-state index contributed by atoms with van der Waals surface area (Å²) < 4.78 is 12.3. The Hall–Kier alpha value is -3.92. The van der Waals surface area contributed by atoms with Gasteiger partial charge in [-0.05, 0) is 116 Å². The van der Waals surface area contributed by atoms with Crippen molar-refractivity contribution in [3.8, 4) is 23.0 Å². The minimum absolute atomic E-state index is 0.0207. The Balaban J connectivity index is 1.19. The molecule has 1 fully saturated rings. The van der Waals surface area contributed by atoms with Gasteiger partial charge in [0.1, 0.15) is 23.0 Å². The van der Waals surface area contributed by atoms with Crippen molar-refractivity contribution in [2.24, 2.45) is 5.92 Å². The van der Waals surface area contributed by atoms with E-state index in [0.29, 0.717) is 0 Å². The SMILES string of the molecule is CCCCCCCCCCCCCC1CCC(c2ccc(Oc3ccc(N)cc3)cc2)(c2ccc(Oc3ccc(N)cc3)cc2)CC1. The minimum Gasteiger partial charge on any atom is -0.457 e. The number of rotatable bonds is 18. The van der Waals surface area contributed by atoms with Crippen molar-refractivity contribution >= 4 is 11.4 Å². The van der Waals surface area contributed by atoms with Gasteiger partial charge in [-0.3, -0.25) is 0 Å². The predicted molar refractivity (Wildman–Crippen MR) is 199 cm³/mol. The van der Waals surface area contributed by atoms with Crippen LogP contribution in [-0.2, 0) is 5.41 Å². The van der Waals surface area contributed by atoms with Crippen LogP contribution in [0, 0.1) is 5.92 Å². The smallest absolute Gasteiger partial charge is 0.127 e. The van der Waals surface area contributed by atoms with Crippen LogP contribution in [0.1, 0.15) is 121 Å². The van der Waals surface area contributed by atoms with E-state index in [0.717, 1.165) is 53.1 Å². The molecule has 1 saturated carbocycles. The van der Waals surface area contributed by atoms with Crippen LogP contribution >= 0.6 is 0 Å². The van der Waals surface area contributed by atoms with E-state index < -0.39 is 0 Å². The number of anilines is 2. The number of hydrogen-bond donors (Lipinski definition) is 2. The van der Waals surface area contributed by atoms with E-state index in [4.69, 9.17) is 20.9 Å². The second-order valence-electron chi connectivity index (χ2n) is 13.7. The number of benzene rings is 4. The summed E-state index contributed by atoms with van der Waals surface area (Å²) in [5, 5.41) is 0. The molecule has 0 saturated heterocycles. The third-order valence-corrected chi connectivity index (χ3v) is 10.2. The first-order valence-electron chi connectivity index (χ1n) is 18.3. The summed E-state index contributed by atoms with van der Waals surface area (Å²) in [6, 6.07) is 32.7. The van der Waals surface area contributed by atoms with Gasteiger partial charge in [0.2, 0.25) is 0 Å². The van der Waals surface area contributed by atoms with Crippen LogP contribution in [0.2, 0.25) is 0 Å². The Morgan fingerprint density at radius 2 is 0.830 bits per heavy atom. The summed E-state index contributed by atoms with van der Waals surface area (Å²) >= 11 is 0. The second-order valence-corrected chi connectivity index (χ2v) is 13.7. The van der Waals surface area contributed by atoms with Crippen molar-refractivity contribution in [3.05, 3.63) is 108 Å². The molecule has 5 rings (SSSR count). The van der Waals surface area contributed by atoms with E-state index in [-0.39, 0.29) is 5.41 Å². The van der Waals surface area contributed by atoms with Gasteiger partial charge in [-0.1, -0.05) is 108 Å². The average molecular weight is 633 g/mol. The molecule has 4 N–H and O–H groups in total. The van der Waals surface area contributed by atoms with Crippen molar-refractivity contribution in [2.45, 2.75) is 115 Å². The largest absolute Gasteiger partial charge is 0.457 e. The quantitative estimate of drug-likeness (QED) is 0.0845. The van der Waals surface area contributed by atoms with Crippen LogP contribution < -0.4 is 20.9 Å². The Morgan fingerprint density at radius 1 is 0.489 bits per heavy atom. The third kappa shape index (κ3) is 10.3. The van der Waals surface area contributed by atoms with Crippen LogP contribution in [0.25, 0.3) is 0 Å². The first kappa shape index (κ1) is 34.4. The highest BCUT2D eigenvalue weighted by atomic mass is 16.5. The molecule has 4 aromatic carbocycles. The van der Waals surface area contributed by atoms with Gasteiger partial charge in [-0.25, -0.2) is 0 Å². The minimum atomic E-state index is -0.0207. The Morgan fingerprint density at radius 3 is 1.21 bits per heavy atom. The van der Waals surface area contributed by atoms with Crippen LogP contribution in [0.4, 0.5) is 11.4 Å². The van der Waals surface area contributed by atoms with Gasteiger partial charge in [-0.15, -0.1) is 0 Å². The third-order valence-electron chi connectivity index (χ3n) is 10.2. The van der Waals surface area contributed by atoms with Crippen molar-refractivity contribution in [1.82, 2.24) is 0 Å². The summed E-state index contributed by atoms with van der Waals surface area (Å²) in [5.41, 5.74) is 15.9. The molecule has 4 aromatic rings. The molecule has 0 atom stereocenters. The van der Waals surface area contributed by atoms with Crippen LogP contribution in [-0.4, -0.2) is 0 Å². The van der Waals surface area contributed by atoms with Gasteiger partial charge in [0.15, 0.2) is 0 Å².